The van der Waals surface area contributed by atoms with Crippen LogP contribution >= 0.6 is 11.3 Å². The van der Waals surface area contributed by atoms with Crippen LogP contribution in [0.2, 0.25) is 0 Å². The van der Waals surface area contributed by atoms with Crippen molar-refractivity contribution in [1.82, 2.24) is 20.4 Å². The Morgan fingerprint density at radius 1 is 1.59 bits per heavy atom. The van der Waals surface area contributed by atoms with Crippen molar-refractivity contribution in [2.45, 2.75) is 26.2 Å². The Kier molecular flexibility index (Phi) is 3.81. The summed E-state index contributed by atoms with van der Waals surface area (Å²) in [5.74, 6) is 0.408. The monoisotopic (exact) mass is 251 g/mol. The molecule has 0 saturated carbocycles. The number of hydrogen-bond donors (Lipinski definition) is 2. The van der Waals surface area contributed by atoms with Gasteiger partial charge in [0.15, 0.2) is 5.82 Å². The molecule has 2 aromatic heterocycles. The van der Waals surface area contributed by atoms with Crippen molar-refractivity contribution in [3.8, 4) is 0 Å². The highest BCUT2D eigenvalue weighted by molar-refractivity contribution is 7.09. The standard InChI is InChI=1S/C10H13N5OS/c1-7-12-8(6-17-7)3-2-4-10(16)13-9-5-11-15-14-9/h5-6H,2-4H2,1H3,(H2,11,13,14,15,16). The number of H-pyrrole nitrogens is 1. The summed E-state index contributed by atoms with van der Waals surface area (Å²) in [4.78, 5) is 15.8. The number of rotatable bonds is 5. The molecule has 0 bridgehead atoms. The van der Waals surface area contributed by atoms with Crippen LogP contribution in [0.3, 0.4) is 0 Å². The van der Waals surface area contributed by atoms with E-state index < -0.39 is 0 Å². The number of aromatic nitrogens is 4. The van der Waals surface area contributed by atoms with Crippen LogP contribution in [-0.2, 0) is 11.2 Å². The Balaban J connectivity index is 1.70. The highest BCUT2D eigenvalue weighted by atomic mass is 32.1. The summed E-state index contributed by atoms with van der Waals surface area (Å²) in [7, 11) is 0. The van der Waals surface area contributed by atoms with Gasteiger partial charge < -0.3 is 5.32 Å². The van der Waals surface area contributed by atoms with E-state index in [1.807, 2.05) is 12.3 Å². The fourth-order valence-electron chi connectivity index (χ4n) is 1.42. The minimum absolute atomic E-state index is 0.0501. The first-order chi connectivity index (χ1) is 8.24. The van der Waals surface area contributed by atoms with Crippen LogP contribution in [0, 0.1) is 6.92 Å². The molecule has 17 heavy (non-hydrogen) atoms. The molecule has 0 aliphatic heterocycles. The van der Waals surface area contributed by atoms with Crippen LogP contribution in [0.25, 0.3) is 0 Å². The molecular formula is C10H13N5OS. The van der Waals surface area contributed by atoms with Crippen LogP contribution in [0.5, 0.6) is 0 Å². The van der Waals surface area contributed by atoms with Gasteiger partial charge in [0.25, 0.3) is 0 Å². The molecule has 0 aliphatic rings. The predicted molar refractivity (Wildman–Crippen MR) is 64.8 cm³/mol. The van der Waals surface area contributed by atoms with Crippen molar-refractivity contribution >= 4 is 23.1 Å². The smallest absolute Gasteiger partial charge is 0.225 e. The average Bonchev–Trinajstić information content (AvgIpc) is 2.90. The van der Waals surface area contributed by atoms with Gasteiger partial charge in [-0.3, -0.25) is 4.79 Å². The van der Waals surface area contributed by atoms with Crippen molar-refractivity contribution in [1.29, 1.82) is 0 Å². The van der Waals surface area contributed by atoms with E-state index in [0.717, 1.165) is 23.5 Å². The summed E-state index contributed by atoms with van der Waals surface area (Å²) in [6.45, 7) is 1.98. The number of aromatic amines is 1. The average molecular weight is 251 g/mol. The van der Waals surface area contributed by atoms with Gasteiger partial charge in [-0.15, -0.1) is 16.4 Å². The fourth-order valence-corrected chi connectivity index (χ4v) is 2.07. The first-order valence-corrected chi connectivity index (χ1v) is 6.18. The molecule has 0 aliphatic carbocycles. The van der Waals surface area contributed by atoms with E-state index in [0.29, 0.717) is 12.2 Å². The molecule has 90 valence electrons. The van der Waals surface area contributed by atoms with Gasteiger partial charge >= 0.3 is 0 Å². The molecule has 1 amide bonds. The number of amides is 1. The minimum Gasteiger partial charge on any atom is -0.308 e. The molecule has 0 atom stereocenters. The first kappa shape index (κ1) is 11.7. The topological polar surface area (TPSA) is 83.6 Å². The Morgan fingerprint density at radius 2 is 2.47 bits per heavy atom. The number of anilines is 1. The number of nitrogens with zero attached hydrogens (tertiary/aromatic N) is 3. The third-order valence-corrected chi connectivity index (χ3v) is 3.01. The molecule has 0 fully saturated rings. The molecule has 0 saturated heterocycles. The molecule has 2 heterocycles. The molecule has 2 N–H and O–H groups in total. The van der Waals surface area contributed by atoms with Crippen molar-refractivity contribution < 1.29 is 4.79 Å². The van der Waals surface area contributed by atoms with Gasteiger partial charge in [0.05, 0.1) is 16.9 Å². The summed E-state index contributed by atoms with van der Waals surface area (Å²) in [5, 5.41) is 15.5. The molecule has 7 heteroatoms. The van der Waals surface area contributed by atoms with Crippen LogP contribution in [0.4, 0.5) is 5.82 Å². The normalized spacial score (nSPS) is 10.4. The van der Waals surface area contributed by atoms with Gasteiger partial charge in [0.2, 0.25) is 5.91 Å². The SMILES string of the molecule is Cc1nc(CCCC(=O)Nc2cn[nH]n2)cs1. The lowest BCUT2D eigenvalue weighted by molar-refractivity contribution is -0.116. The zero-order valence-electron chi connectivity index (χ0n) is 9.43. The predicted octanol–water partition coefficient (Wildman–Crippen LogP) is 1.53. The highest BCUT2D eigenvalue weighted by Crippen LogP contribution is 2.11. The Bertz CT molecular complexity index is 479. The van der Waals surface area contributed by atoms with E-state index in [-0.39, 0.29) is 5.91 Å². The molecule has 0 unspecified atom stereocenters. The minimum atomic E-state index is -0.0501. The van der Waals surface area contributed by atoms with E-state index in [4.69, 9.17) is 0 Å². The molecule has 0 aromatic carbocycles. The number of carbonyl (C=O) groups excluding carboxylic acids is 1. The molecule has 6 nitrogen and oxygen atoms in total. The largest absolute Gasteiger partial charge is 0.308 e. The lowest BCUT2D eigenvalue weighted by atomic mass is 10.2. The maximum atomic E-state index is 11.5. The number of thiazole rings is 1. The number of hydrogen-bond acceptors (Lipinski definition) is 5. The second kappa shape index (κ2) is 5.53. The van der Waals surface area contributed by atoms with Crippen molar-refractivity contribution in [2.75, 3.05) is 5.32 Å². The third kappa shape index (κ3) is 3.63. The lowest BCUT2D eigenvalue weighted by Crippen LogP contribution is -2.11. The van der Waals surface area contributed by atoms with Gasteiger partial charge in [0, 0.05) is 11.8 Å². The maximum absolute atomic E-state index is 11.5. The second-order valence-electron chi connectivity index (χ2n) is 3.61. The highest BCUT2D eigenvalue weighted by Gasteiger charge is 2.05. The molecule has 0 spiro atoms. The summed E-state index contributed by atoms with van der Waals surface area (Å²) >= 11 is 1.63. The van der Waals surface area contributed by atoms with Crippen LogP contribution in [0.1, 0.15) is 23.5 Å². The summed E-state index contributed by atoms with van der Waals surface area (Å²) in [6.07, 6.45) is 3.55. The van der Waals surface area contributed by atoms with E-state index >= 15 is 0 Å². The van der Waals surface area contributed by atoms with Crippen LogP contribution < -0.4 is 5.32 Å². The van der Waals surface area contributed by atoms with E-state index in [1.165, 1.54) is 6.20 Å². The maximum Gasteiger partial charge on any atom is 0.225 e. The molecule has 2 rings (SSSR count). The molecule has 0 radical (unpaired) electrons. The van der Waals surface area contributed by atoms with Crippen molar-refractivity contribution in [3.63, 3.8) is 0 Å². The molecule has 2 aromatic rings. The number of nitrogens with one attached hydrogen (secondary N) is 2. The van der Waals surface area contributed by atoms with E-state index in [1.54, 1.807) is 11.3 Å². The third-order valence-electron chi connectivity index (χ3n) is 2.19. The molecular weight excluding hydrogens is 238 g/mol. The Labute approximate surface area is 102 Å². The van der Waals surface area contributed by atoms with Crippen LogP contribution in [0.15, 0.2) is 11.6 Å². The second-order valence-corrected chi connectivity index (χ2v) is 4.68. The Morgan fingerprint density at radius 3 is 3.12 bits per heavy atom. The number of carbonyl (C=O) groups is 1. The van der Waals surface area contributed by atoms with Crippen molar-refractivity contribution in [3.05, 3.63) is 22.3 Å². The van der Waals surface area contributed by atoms with Crippen molar-refractivity contribution in [2.24, 2.45) is 0 Å². The van der Waals surface area contributed by atoms with E-state index in [9.17, 15) is 4.79 Å². The summed E-state index contributed by atoms with van der Waals surface area (Å²) in [6, 6.07) is 0. The first-order valence-electron chi connectivity index (χ1n) is 5.30. The summed E-state index contributed by atoms with van der Waals surface area (Å²) in [5.41, 5.74) is 1.06. The van der Waals surface area contributed by atoms with E-state index in [2.05, 4.69) is 25.7 Å². The van der Waals surface area contributed by atoms with Gasteiger partial charge in [0.1, 0.15) is 0 Å². The number of aryl methyl sites for hydroxylation is 2. The lowest BCUT2D eigenvalue weighted by Gasteiger charge is -2.00. The van der Waals surface area contributed by atoms with Gasteiger partial charge in [-0.25, -0.2) is 4.98 Å². The van der Waals surface area contributed by atoms with Crippen LogP contribution in [-0.4, -0.2) is 26.3 Å². The van der Waals surface area contributed by atoms with Gasteiger partial charge in [-0.05, 0) is 19.8 Å². The quantitative estimate of drug-likeness (QED) is 0.844. The summed E-state index contributed by atoms with van der Waals surface area (Å²) < 4.78 is 0. The zero-order chi connectivity index (χ0) is 12.1. The Hall–Kier alpha value is -1.76. The zero-order valence-corrected chi connectivity index (χ0v) is 10.3. The van der Waals surface area contributed by atoms with Gasteiger partial charge in [-0.2, -0.15) is 10.3 Å². The van der Waals surface area contributed by atoms with Gasteiger partial charge in [-0.1, -0.05) is 0 Å². The fraction of sp³-hybridized carbons (Fsp3) is 0.400.